The minimum absolute atomic E-state index is 0. The molecule has 1 saturated heterocycles. The molecule has 0 amide bonds. The Morgan fingerprint density at radius 3 is 1.41 bits per heavy atom. The molecule has 0 aromatic heterocycles. The summed E-state index contributed by atoms with van der Waals surface area (Å²) in [4.78, 5) is 0. The Balaban J connectivity index is 0.00000441. The normalized spacial score (nSPS) is 15.6. The quantitative estimate of drug-likeness (QED) is 0.0769. The molecule has 0 bridgehead atoms. The first-order chi connectivity index (χ1) is 26.7. The Labute approximate surface area is 336 Å². The third-order valence-electron chi connectivity index (χ3n) is 13.8. The summed E-state index contributed by atoms with van der Waals surface area (Å²) in [5, 5.41) is 19.8. The van der Waals surface area contributed by atoms with Crippen molar-refractivity contribution in [3.63, 3.8) is 0 Å². The fourth-order valence-corrected chi connectivity index (χ4v) is 10.2. The van der Waals surface area contributed by atoms with Crippen LogP contribution in [0.5, 0.6) is 0 Å². The van der Waals surface area contributed by atoms with Gasteiger partial charge in [0.2, 0.25) is 0 Å². The fraction of sp³-hybridized carbons (Fsp3) is 0.434. The number of unbranched alkanes of at least 4 members (excludes halogenated alkanes) is 10. The van der Waals surface area contributed by atoms with E-state index in [0.717, 1.165) is 18.3 Å². The Kier molecular flexibility index (Phi) is 10.7. The highest BCUT2D eigenvalue weighted by Gasteiger charge is 2.52. The van der Waals surface area contributed by atoms with E-state index in [2.05, 4.69) is 120 Å². The lowest BCUT2D eigenvalue weighted by Crippen LogP contribution is -2.41. The van der Waals surface area contributed by atoms with Crippen molar-refractivity contribution in [3.05, 3.63) is 90.0 Å². The summed E-state index contributed by atoms with van der Waals surface area (Å²) in [5.41, 5.74) is 3.50. The molecular formula is C53H63BO2. The number of fused-ring (bicyclic) bond motifs is 7. The second-order valence-corrected chi connectivity index (χ2v) is 17.9. The molecule has 8 aromatic rings. The first-order valence-electron chi connectivity index (χ1n) is 21.8. The summed E-state index contributed by atoms with van der Waals surface area (Å²) in [7, 11) is -0.393. The molecular weight excluding hydrogens is 679 g/mol. The molecule has 3 heteroatoms. The lowest BCUT2D eigenvalue weighted by molar-refractivity contribution is 0.00578. The van der Waals surface area contributed by atoms with E-state index in [-0.39, 0.29) is 18.6 Å². The van der Waals surface area contributed by atoms with Gasteiger partial charge in [-0.3, -0.25) is 0 Å². The van der Waals surface area contributed by atoms with Crippen molar-refractivity contribution in [3.8, 4) is 0 Å². The summed E-state index contributed by atoms with van der Waals surface area (Å²) >= 11 is 0. The van der Waals surface area contributed by atoms with Crippen molar-refractivity contribution < 1.29 is 9.31 Å². The largest absolute Gasteiger partial charge is 0.495 e. The van der Waals surface area contributed by atoms with Crippen LogP contribution in [0.2, 0.25) is 0 Å². The molecule has 0 aliphatic carbocycles. The van der Waals surface area contributed by atoms with Gasteiger partial charge in [0.15, 0.2) is 0 Å². The van der Waals surface area contributed by atoms with Crippen molar-refractivity contribution >= 4 is 88.0 Å². The predicted molar refractivity (Wildman–Crippen MR) is 248 cm³/mol. The van der Waals surface area contributed by atoms with Crippen LogP contribution in [-0.4, -0.2) is 18.3 Å². The van der Waals surface area contributed by atoms with E-state index in [4.69, 9.17) is 9.31 Å². The maximum Gasteiger partial charge on any atom is 0.495 e. The second-order valence-electron chi connectivity index (χ2n) is 17.9. The van der Waals surface area contributed by atoms with Gasteiger partial charge in [0.25, 0.3) is 0 Å². The van der Waals surface area contributed by atoms with Crippen LogP contribution >= 0.6 is 0 Å². The van der Waals surface area contributed by atoms with E-state index in [1.807, 2.05) is 0 Å². The topological polar surface area (TPSA) is 18.5 Å². The fourth-order valence-electron chi connectivity index (χ4n) is 10.2. The molecule has 8 aromatic carbocycles. The van der Waals surface area contributed by atoms with Gasteiger partial charge in [-0.2, -0.15) is 0 Å². The van der Waals surface area contributed by atoms with Crippen LogP contribution in [0, 0.1) is 0 Å². The van der Waals surface area contributed by atoms with Crippen LogP contribution < -0.4 is 5.46 Å². The van der Waals surface area contributed by atoms with Gasteiger partial charge in [-0.05, 0) is 158 Å². The monoisotopic (exact) mass is 742 g/mol. The Hall–Kier alpha value is -3.92. The van der Waals surface area contributed by atoms with Crippen LogP contribution in [0.15, 0.2) is 78.9 Å². The molecule has 0 atom stereocenters. The Morgan fingerprint density at radius 2 is 0.875 bits per heavy atom. The molecule has 2 nitrogen and oxygen atoms in total. The van der Waals surface area contributed by atoms with Gasteiger partial charge in [-0.15, -0.1) is 0 Å². The molecule has 1 heterocycles. The van der Waals surface area contributed by atoms with Crippen LogP contribution in [0.1, 0.15) is 137 Å². The van der Waals surface area contributed by atoms with Gasteiger partial charge in [0.1, 0.15) is 0 Å². The summed E-state index contributed by atoms with van der Waals surface area (Å²) in [6, 6.07) is 30.8. The lowest BCUT2D eigenvalue weighted by Gasteiger charge is -2.32. The highest BCUT2D eigenvalue weighted by molar-refractivity contribution is 6.66. The van der Waals surface area contributed by atoms with E-state index in [1.165, 1.54) is 152 Å². The molecule has 0 saturated carbocycles. The Bertz CT molecular complexity index is 2510. The van der Waals surface area contributed by atoms with E-state index in [0.29, 0.717) is 0 Å². The number of hydrogen-bond acceptors (Lipinski definition) is 2. The number of benzene rings is 6. The highest BCUT2D eigenvalue weighted by Crippen LogP contribution is 2.49. The molecule has 0 spiro atoms. The zero-order valence-electron chi connectivity index (χ0n) is 34.3. The second kappa shape index (κ2) is 15.4. The average Bonchev–Trinajstić information content (AvgIpc) is 3.76. The molecule has 290 valence electrons. The summed E-state index contributed by atoms with van der Waals surface area (Å²) in [6.45, 7) is 13.2. The molecule has 0 radical (unpaired) electrons. The molecule has 0 N–H and O–H groups in total. The average molecular weight is 743 g/mol. The van der Waals surface area contributed by atoms with Crippen molar-refractivity contribution in [2.75, 3.05) is 0 Å². The molecule has 1 aliphatic heterocycles. The van der Waals surface area contributed by atoms with Crippen molar-refractivity contribution in [1.29, 1.82) is 0 Å². The number of hydrogen-bond donors (Lipinski definition) is 0. The van der Waals surface area contributed by atoms with Gasteiger partial charge in [0.05, 0.1) is 11.2 Å². The maximum atomic E-state index is 6.64. The van der Waals surface area contributed by atoms with Crippen LogP contribution in [-0.2, 0) is 22.2 Å². The summed E-state index contributed by atoms with van der Waals surface area (Å²) in [5.74, 6) is 0. The standard InChI is InChI=1S/C52H59BO2.CH4/c1-7-9-11-13-15-17-24-36-43-32-42-35-26-21-27-39-46(53-54-51(3,4)52(5,6)55-53)31-30-38(48(35)39)45(42)33-44(43)37(25-18-16-14-12-10-8-2)50-41-29-20-23-34-22-19-28-40(47(34)41)49(36)50;/h19-23,26-33H,7-18,24-25H2,1-6H3;1H4. The van der Waals surface area contributed by atoms with Crippen LogP contribution in [0.4, 0.5) is 0 Å². The molecule has 1 fully saturated rings. The Morgan fingerprint density at radius 1 is 0.429 bits per heavy atom. The lowest BCUT2D eigenvalue weighted by atomic mass is 9.75. The zero-order valence-corrected chi connectivity index (χ0v) is 34.3. The van der Waals surface area contributed by atoms with Crippen LogP contribution in [0.3, 0.4) is 0 Å². The van der Waals surface area contributed by atoms with Crippen molar-refractivity contribution in [1.82, 2.24) is 0 Å². The summed E-state index contributed by atoms with van der Waals surface area (Å²) < 4.78 is 13.3. The third-order valence-corrected chi connectivity index (χ3v) is 13.8. The van der Waals surface area contributed by atoms with Gasteiger partial charge in [-0.25, -0.2) is 0 Å². The minimum Gasteiger partial charge on any atom is -0.399 e. The first kappa shape index (κ1) is 38.9. The van der Waals surface area contributed by atoms with Gasteiger partial charge in [-0.1, -0.05) is 152 Å². The third kappa shape index (κ3) is 6.33. The van der Waals surface area contributed by atoms with E-state index in [9.17, 15) is 0 Å². The maximum absolute atomic E-state index is 6.64. The molecule has 1 aliphatic rings. The summed E-state index contributed by atoms with van der Waals surface area (Å²) in [6.07, 6.45) is 17.9. The number of aryl methyl sites for hydroxylation is 2. The van der Waals surface area contributed by atoms with Gasteiger partial charge in [0, 0.05) is 0 Å². The molecule has 9 rings (SSSR count). The van der Waals surface area contributed by atoms with E-state index < -0.39 is 7.12 Å². The van der Waals surface area contributed by atoms with Gasteiger partial charge < -0.3 is 9.31 Å². The molecule has 56 heavy (non-hydrogen) atoms. The number of rotatable bonds is 15. The predicted octanol–water partition coefficient (Wildman–Crippen LogP) is 15.4. The zero-order chi connectivity index (χ0) is 37.9. The smallest absolute Gasteiger partial charge is 0.399 e. The highest BCUT2D eigenvalue weighted by atomic mass is 16.7. The van der Waals surface area contributed by atoms with Crippen molar-refractivity contribution in [2.45, 2.75) is 150 Å². The van der Waals surface area contributed by atoms with Crippen molar-refractivity contribution in [2.24, 2.45) is 0 Å². The SMILES string of the molecule is C.CCCCCCCCc1c2cc3c(cc2c(CCCCCCCC)c2c4cccc5cccc(c12)c54)c1ccc(B2OC(C)(C)C(C)(C)O2)c2cccc3c21. The van der Waals surface area contributed by atoms with E-state index >= 15 is 0 Å². The van der Waals surface area contributed by atoms with Gasteiger partial charge >= 0.3 is 7.12 Å². The van der Waals surface area contributed by atoms with E-state index in [1.54, 1.807) is 11.1 Å². The first-order valence-corrected chi connectivity index (χ1v) is 21.8. The van der Waals surface area contributed by atoms with Crippen LogP contribution in [0.25, 0.3) is 75.4 Å². The minimum atomic E-state index is -0.393. The molecule has 0 unspecified atom stereocenters.